The lowest BCUT2D eigenvalue weighted by Gasteiger charge is -2.39. The summed E-state index contributed by atoms with van der Waals surface area (Å²) in [5.41, 5.74) is 5.90. The van der Waals surface area contributed by atoms with Gasteiger partial charge in [-0.2, -0.15) is 10.4 Å². The van der Waals surface area contributed by atoms with Crippen LogP contribution in [0, 0.1) is 11.3 Å². The molecular weight excluding hydrogens is 542 g/mol. The predicted molar refractivity (Wildman–Crippen MR) is 170 cm³/mol. The minimum Gasteiger partial charge on any atom is -0.416 e. The number of rotatable bonds is 8. The van der Waals surface area contributed by atoms with Crippen LogP contribution in [0.4, 0.5) is 17.3 Å². The first-order valence-corrected chi connectivity index (χ1v) is 17.7. The summed E-state index contributed by atoms with van der Waals surface area (Å²) >= 11 is 0. The van der Waals surface area contributed by atoms with Crippen LogP contribution in [0.3, 0.4) is 0 Å². The maximum absolute atomic E-state index is 10.1. The lowest BCUT2D eigenvalue weighted by molar-refractivity contribution is 0.147. The number of hydrogen-bond acceptors (Lipinski definition) is 9. The fourth-order valence-corrected chi connectivity index (χ4v) is 6.39. The number of nitrogens with one attached hydrogen (secondary N) is 2. The zero-order valence-electron chi connectivity index (χ0n) is 26.4. The number of nitriles is 1. The molecule has 2 aromatic heterocycles. The van der Waals surface area contributed by atoms with Gasteiger partial charge in [-0.05, 0) is 48.9 Å². The third-order valence-corrected chi connectivity index (χ3v) is 13.7. The van der Waals surface area contributed by atoms with Gasteiger partial charge in [0.15, 0.2) is 8.32 Å². The highest BCUT2D eigenvalue weighted by atomic mass is 28.4. The third-order valence-electron chi connectivity index (χ3n) is 9.19. The van der Waals surface area contributed by atoms with E-state index in [4.69, 9.17) is 14.5 Å². The molecular formula is C31H45N9OSi. The lowest BCUT2D eigenvalue weighted by atomic mass is 9.83. The average Bonchev–Trinajstić information content (AvgIpc) is 3.46. The second kappa shape index (κ2) is 11.4. The van der Waals surface area contributed by atoms with Crippen LogP contribution in [-0.2, 0) is 23.4 Å². The monoisotopic (exact) mass is 587 g/mol. The zero-order chi connectivity index (χ0) is 30.3. The molecule has 0 aliphatic carbocycles. The van der Waals surface area contributed by atoms with Gasteiger partial charge < -0.3 is 20.0 Å². The van der Waals surface area contributed by atoms with E-state index < -0.39 is 8.32 Å². The van der Waals surface area contributed by atoms with Gasteiger partial charge in [0.05, 0.1) is 28.3 Å². The van der Waals surface area contributed by atoms with E-state index in [0.29, 0.717) is 18.1 Å². The van der Waals surface area contributed by atoms with Crippen molar-refractivity contribution in [1.82, 2.24) is 29.5 Å². The molecule has 2 aliphatic heterocycles. The lowest BCUT2D eigenvalue weighted by Crippen LogP contribution is -2.45. The third kappa shape index (κ3) is 6.22. The topological polar surface area (TPSA) is 107 Å². The van der Waals surface area contributed by atoms with Crippen molar-refractivity contribution in [2.45, 2.75) is 57.8 Å². The van der Waals surface area contributed by atoms with Crippen molar-refractivity contribution in [1.29, 1.82) is 5.26 Å². The second-order valence-electron chi connectivity index (χ2n) is 13.7. The van der Waals surface area contributed by atoms with Gasteiger partial charge in [-0.25, -0.2) is 9.97 Å². The van der Waals surface area contributed by atoms with Crippen LogP contribution in [-0.4, -0.2) is 84.2 Å². The highest BCUT2D eigenvalue weighted by Crippen LogP contribution is 2.44. The number of fused-ring (bicyclic) bond motifs is 1. The minimum atomic E-state index is -1.94. The van der Waals surface area contributed by atoms with E-state index in [9.17, 15) is 5.26 Å². The van der Waals surface area contributed by atoms with Gasteiger partial charge in [0.1, 0.15) is 6.07 Å². The molecule has 2 aliphatic rings. The van der Waals surface area contributed by atoms with Crippen LogP contribution in [0.25, 0.3) is 11.3 Å². The van der Waals surface area contributed by atoms with Crippen molar-refractivity contribution in [3.05, 3.63) is 47.4 Å². The van der Waals surface area contributed by atoms with E-state index in [0.717, 1.165) is 73.2 Å². The van der Waals surface area contributed by atoms with Gasteiger partial charge >= 0.3 is 0 Å². The van der Waals surface area contributed by atoms with Gasteiger partial charge in [0, 0.05) is 76.3 Å². The van der Waals surface area contributed by atoms with Gasteiger partial charge in [0.25, 0.3) is 0 Å². The largest absolute Gasteiger partial charge is 0.416 e. The summed E-state index contributed by atoms with van der Waals surface area (Å²) in [6.07, 6.45) is 3.74. The molecule has 2 N–H and O–H groups in total. The molecule has 10 nitrogen and oxygen atoms in total. The Morgan fingerprint density at radius 1 is 1.17 bits per heavy atom. The maximum Gasteiger partial charge on any atom is 0.227 e. The molecule has 224 valence electrons. The van der Waals surface area contributed by atoms with Crippen molar-refractivity contribution >= 4 is 25.6 Å². The van der Waals surface area contributed by atoms with E-state index in [2.05, 4.69) is 85.4 Å². The molecule has 1 atom stereocenters. The van der Waals surface area contributed by atoms with Crippen LogP contribution < -0.4 is 10.6 Å². The summed E-state index contributed by atoms with van der Waals surface area (Å²) in [6, 6.07) is 8.39. The first-order valence-electron chi connectivity index (χ1n) is 14.8. The van der Waals surface area contributed by atoms with E-state index in [1.807, 2.05) is 30.1 Å². The van der Waals surface area contributed by atoms with Crippen molar-refractivity contribution in [2.24, 2.45) is 7.05 Å². The number of hydrogen-bond donors (Lipinski definition) is 2. The van der Waals surface area contributed by atoms with Gasteiger partial charge in [-0.3, -0.25) is 9.58 Å². The number of likely N-dealkylation sites (N-methyl/N-ethyl adjacent to an activating group) is 1. The van der Waals surface area contributed by atoms with E-state index in [1.54, 1.807) is 6.20 Å². The summed E-state index contributed by atoms with van der Waals surface area (Å²) < 4.78 is 8.51. The normalized spacial score (nSPS) is 19.8. The first-order chi connectivity index (χ1) is 19.8. The SMILES string of the molecule is CN1CCN(Cc2nn(C)cc2Nc2nccc(-c3cc(C#N)c4c(c3)[C@@](C)(CO[Si](C)(C)C(C)(C)C)CN4)n2)CC1. The zero-order valence-corrected chi connectivity index (χ0v) is 27.4. The Hall–Kier alpha value is -3.30. The Bertz CT molecular complexity index is 1480. The molecule has 1 fully saturated rings. The average molecular weight is 588 g/mol. The van der Waals surface area contributed by atoms with Crippen LogP contribution in [0.15, 0.2) is 30.6 Å². The highest BCUT2D eigenvalue weighted by Gasteiger charge is 2.42. The molecule has 0 amide bonds. The molecule has 1 saturated heterocycles. The second-order valence-corrected chi connectivity index (χ2v) is 18.5. The van der Waals surface area contributed by atoms with Crippen LogP contribution in [0.2, 0.25) is 18.1 Å². The Kier molecular flexibility index (Phi) is 8.20. The maximum atomic E-state index is 10.1. The molecule has 42 heavy (non-hydrogen) atoms. The van der Waals surface area contributed by atoms with Crippen molar-refractivity contribution in [2.75, 3.05) is 57.0 Å². The molecule has 3 aromatic rings. The van der Waals surface area contributed by atoms with E-state index in [1.165, 1.54) is 0 Å². The fourth-order valence-electron chi connectivity index (χ4n) is 5.28. The molecule has 0 radical (unpaired) electrons. The smallest absolute Gasteiger partial charge is 0.227 e. The van der Waals surface area contributed by atoms with Gasteiger partial charge in [-0.1, -0.05) is 27.7 Å². The van der Waals surface area contributed by atoms with Crippen LogP contribution >= 0.6 is 0 Å². The number of nitrogens with zero attached hydrogens (tertiary/aromatic N) is 7. The quantitative estimate of drug-likeness (QED) is 0.354. The Morgan fingerprint density at radius 3 is 2.60 bits per heavy atom. The summed E-state index contributed by atoms with van der Waals surface area (Å²) in [4.78, 5) is 14.2. The van der Waals surface area contributed by atoms with Crippen LogP contribution in [0.1, 0.15) is 44.5 Å². The number of aromatic nitrogens is 4. The molecule has 0 unspecified atom stereocenters. The molecule has 5 rings (SSSR count). The van der Waals surface area contributed by atoms with E-state index in [-0.39, 0.29) is 10.5 Å². The van der Waals surface area contributed by atoms with Gasteiger partial charge in [-0.15, -0.1) is 0 Å². The summed E-state index contributed by atoms with van der Waals surface area (Å²) in [7, 11) is 2.16. The van der Waals surface area contributed by atoms with Crippen LogP contribution in [0.5, 0.6) is 0 Å². The summed E-state index contributed by atoms with van der Waals surface area (Å²) in [5.74, 6) is 0.501. The summed E-state index contributed by atoms with van der Waals surface area (Å²) in [6.45, 7) is 19.8. The van der Waals surface area contributed by atoms with Crippen molar-refractivity contribution in [3.63, 3.8) is 0 Å². The molecule has 0 bridgehead atoms. The minimum absolute atomic E-state index is 0.126. The predicted octanol–water partition coefficient (Wildman–Crippen LogP) is 4.94. The molecule has 0 saturated carbocycles. The molecule has 1 aromatic carbocycles. The number of piperazine rings is 1. The molecule has 4 heterocycles. The first kappa shape index (κ1) is 30.2. The molecule has 0 spiro atoms. The van der Waals surface area contributed by atoms with Crippen molar-refractivity contribution in [3.8, 4) is 17.3 Å². The number of anilines is 3. The Morgan fingerprint density at radius 2 is 1.90 bits per heavy atom. The summed E-state index contributed by atoms with van der Waals surface area (Å²) in [5, 5.41) is 21.8. The highest BCUT2D eigenvalue weighted by molar-refractivity contribution is 6.74. The standard InChI is InChI=1S/C31H45N9OSi/c1-30(2,3)42(7,8)41-21-31(4)20-34-28-23(17-32)15-22(16-24(28)31)25-9-10-33-29(35-25)36-26-18-39(6)37-27(26)19-40-13-11-38(5)12-14-40/h9-10,15-16,18,34H,11-14,19-21H2,1-8H3,(H,33,35,36)/t31-/m1/s1. The van der Waals surface area contributed by atoms with Crippen molar-refractivity contribution < 1.29 is 4.43 Å². The number of aryl methyl sites for hydroxylation is 1. The van der Waals surface area contributed by atoms with E-state index >= 15 is 0 Å². The number of benzene rings is 1. The van der Waals surface area contributed by atoms with Gasteiger partial charge in [0.2, 0.25) is 5.95 Å². The fraction of sp³-hybridized carbons (Fsp3) is 0.548. The Balaban J connectivity index is 1.40. The molecule has 11 heteroatoms. The Labute approximate surface area is 251 Å².